The fourth-order valence-electron chi connectivity index (χ4n) is 2.43. The molecule has 0 aliphatic heterocycles. The minimum absolute atomic E-state index is 0.000169. The molecule has 2 aromatic rings. The molecule has 174 valence electrons. The van der Waals surface area contributed by atoms with Crippen LogP contribution in [-0.2, 0) is 19.2 Å². The van der Waals surface area contributed by atoms with Gasteiger partial charge in [0.15, 0.2) is 0 Å². The van der Waals surface area contributed by atoms with E-state index in [1.54, 1.807) is 0 Å². The molecule has 0 bridgehead atoms. The quantitative estimate of drug-likeness (QED) is 0.305. The van der Waals surface area contributed by atoms with Crippen LogP contribution in [0.4, 0.5) is 0 Å². The lowest BCUT2D eigenvalue weighted by Crippen LogP contribution is -2.11. The number of carbonyl (C=O) groups excluding carboxylic acids is 4. The van der Waals surface area contributed by atoms with Crippen molar-refractivity contribution in [2.75, 3.05) is 0 Å². The molecule has 0 aliphatic carbocycles. The van der Waals surface area contributed by atoms with Crippen LogP contribution in [-0.4, -0.2) is 23.9 Å². The first-order chi connectivity index (χ1) is 16.0. The van der Waals surface area contributed by atoms with Crippen molar-refractivity contribution in [1.82, 2.24) is 0 Å². The second-order valence-corrected chi connectivity index (χ2v) is 6.94. The van der Waals surface area contributed by atoms with Crippen LogP contribution in [0.25, 0.3) is 11.1 Å². The van der Waals surface area contributed by atoms with E-state index in [9.17, 15) is 19.2 Å². The van der Waals surface area contributed by atoms with Crippen molar-refractivity contribution < 1.29 is 38.1 Å². The van der Waals surface area contributed by atoms with Gasteiger partial charge >= 0.3 is 23.9 Å². The van der Waals surface area contributed by atoms with Gasteiger partial charge in [-0.3, -0.25) is 0 Å². The molecule has 0 fully saturated rings. The summed E-state index contributed by atoms with van der Waals surface area (Å²) in [5, 5.41) is 0. The van der Waals surface area contributed by atoms with E-state index in [1.807, 2.05) is 0 Å². The summed E-state index contributed by atoms with van der Waals surface area (Å²) in [6.07, 6.45) is 1.93. The van der Waals surface area contributed by atoms with E-state index < -0.39 is 23.9 Å². The maximum absolute atomic E-state index is 12.0. The van der Waals surface area contributed by atoms with Gasteiger partial charge in [-0.25, -0.2) is 19.2 Å². The molecule has 0 saturated heterocycles. The summed E-state index contributed by atoms with van der Waals surface area (Å²) in [5.74, 6) is -2.71. The summed E-state index contributed by atoms with van der Waals surface area (Å²) >= 11 is 0. The second-order valence-electron chi connectivity index (χ2n) is 6.94. The molecule has 0 saturated carbocycles. The highest BCUT2D eigenvalue weighted by atomic mass is 16.6. The molecular formula is C26H22O8. The predicted molar refractivity (Wildman–Crippen MR) is 124 cm³/mol. The average molecular weight is 462 g/mol. The highest BCUT2D eigenvalue weighted by Crippen LogP contribution is 2.38. The Hall–Kier alpha value is -4.72. The third-order valence-electron chi connectivity index (χ3n) is 4.02. The maximum Gasteiger partial charge on any atom is 0.338 e. The van der Waals surface area contributed by atoms with Gasteiger partial charge in [-0.05, 0) is 43.7 Å². The first-order valence-corrected chi connectivity index (χ1v) is 9.77. The molecule has 0 aromatic heterocycles. The third kappa shape index (κ3) is 6.89. The van der Waals surface area contributed by atoms with Crippen molar-refractivity contribution in [2.45, 2.75) is 13.8 Å². The molecule has 2 aromatic carbocycles. The van der Waals surface area contributed by atoms with Crippen molar-refractivity contribution in [3.05, 3.63) is 86.0 Å². The summed E-state index contributed by atoms with van der Waals surface area (Å²) < 4.78 is 21.0. The highest BCUT2D eigenvalue weighted by Gasteiger charge is 2.17. The first kappa shape index (κ1) is 25.5. The van der Waals surface area contributed by atoms with Crippen LogP contribution in [0.15, 0.2) is 86.0 Å². The van der Waals surface area contributed by atoms with Gasteiger partial charge in [-0.1, -0.05) is 26.3 Å². The zero-order valence-electron chi connectivity index (χ0n) is 18.7. The summed E-state index contributed by atoms with van der Waals surface area (Å²) in [4.78, 5) is 47.6. The van der Waals surface area contributed by atoms with E-state index in [4.69, 9.17) is 18.9 Å². The molecular weight excluding hydrogens is 440 g/mol. The van der Waals surface area contributed by atoms with Crippen LogP contribution in [0, 0.1) is 0 Å². The molecule has 0 heterocycles. The standard InChI is InChI=1S/C26H22O8/c1-7-23(27)31-18-9-10-21(22(14-18)34-24(28)8-2)17-11-19(32-25(29)15(3)4)13-20(12-17)33-26(30)16(5)6/h7-14H,1-3,5H2,4,6H3. The molecule has 8 nitrogen and oxygen atoms in total. The van der Waals surface area contributed by atoms with Gasteiger partial charge in [-0.15, -0.1) is 0 Å². The van der Waals surface area contributed by atoms with Crippen LogP contribution < -0.4 is 18.9 Å². The number of benzene rings is 2. The largest absolute Gasteiger partial charge is 0.423 e. The van der Waals surface area contributed by atoms with E-state index in [1.165, 1.54) is 50.2 Å². The molecule has 0 radical (unpaired) electrons. The Morgan fingerprint density at radius 2 is 1.18 bits per heavy atom. The van der Waals surface area contributed by atoms with Gasteiger partial charge in [0.05, 0.1) is 0 Å². The van der Waals surface area contributed by atoms with E-state index in [-0.39, 0.29) is 34.1 Å². The number of carbonyl (C=O) groups is 4. The van der Waals surface area contributed by atoms with Gasteiger partial charge in [0.1, 0.15) is 23.0 Å². The Morgan fingerprint density at radius 1 is 0.676 bits per heavy atom. The van der Waals surface area contributed by atoms with E-state index in [0.29, 0.717) is 11.1 Å². The number of ether oxygens (including phenoxy) is 4. The molecule has 0 unspecified atom stereocenters. The van der Waals surface area contributed by atoms with Crippen molar-refractivity contribution in [3.8, 4) is 34.1 Å². The monoisotopic (exact) mass is 462 g/mol. The Morgan fingerprint density at radius 3 is 1.65 bits per heavy atom. The minimum atomic E-state index is -0.771. The van der Waals surface area contributed by atoms with Crippen LogP contribution in [0.3, 0.4) is 0 Å². The fourth-order valence-corrected chi connectivity index (χ4v) is 2.43. The van der Waals surface area contributed by atoms with E-state index >= 15 is 0 Å². The fraction of sp³-hybridized carbons (Fsp3) is 0.0769. The molecule has 0 atom stereocenters. The molecule has 0 N–H and O–H groups in total. The van der Waals surface area contributed by atoms with Gasteiger partial charge in [0.25, 0.3) is 0 Å². The molecule has 0 spiro atoms. The van der Waals surface area contributed by atoms with Gasteiger partial charge in [-0.2, -0.15) is 0 Å². The van der Waals surface area contributed by atoms with Gasteiger partial charge < -0.3 is 18.9 Å². The predicted octanol–water partition coefficient (Wildman–Crippen LogP) is 4.50. The summed E-state index contributed by atoms with van der Waals surface area (Å²) in [7, 11) is 0. The van der Waals surface area contributed by atoms with Crippen molar-refractivity contribution in [2.24, 2.45) is 0 Å². The van der Waals surface area contributed by atoms with Crippen molar-refractivity contribution in [1.29, 1.82) is 0 Å². The number of rotatable bonds is 9. The topological polar surface area (TPSA) is 105 Å². The van der Waals surface area contributed by atoms with Crippen molar-refractivity contribution in [3.63, 3.8) is 0 Å². The Kier molecular flexibility index (Phi) is 8.44. The summed E-state index contributed by atoms with van der Waals surface area (Å²) in [6.45, 7) is 16.7. The average Bonchev–Trinajstić information content (AvgIpc) is 2.78. The smallest absolute Gasteiger partial charge is 0.338 e. The lowest BCUT2D eigenvalue weighted by Gasteiger charge is -2.14. The summed E-state index contributed by atoms with van der Waals surface area (Å²) in [5.41, 5.74) is 0.985. The van der Waals surface area contributed by atoms with Gasteiger partial charge in [0.2, 0.25) is 0 Å². The van der Waals surface area contributed by atoms with E-state index in [2.05, 4.69) is 26.3 Å². The van der Waals surface area contributed by atoms with Crippen LogP contribution in [0.2, 0.25) is 0 Å². The molecule has 0 aliphatic rings. The molecule has 0 amide bonds. The normalized spacial score (nSPS) is 9.82. The molecule has 2 rings (SSSR count). The van der Waals surface area contributed by atoms with Crippen LogP contribution in [0.5, 0.6) is 23.0 Å². The Bertz CT molecular complexity index is 1170. The SMILES string of the molecule is C=CC(=O)Oc1ccc(-c2cc(OC(=O)C(=C)C)cc(OC(=O)C(=C)C)c2)c(OC(=O)C=C)c1. The van der Waals surface area contributed by atoms with Crippen molar-refractivity contribution >= 4 is 23.9 Å². The Balaban J connectivity index is 2.64. The third-order valence-corrected chi connectivity index (χ3v) is 4.02. The number of hydrogen-bond donors (Lipinski definition) is 0. The summed E-state index contributed by atoms with van der Waals surface area (Å²) in [6, 6.07) is 8.53. The zero-order chi connectivity index (χ0) is 25.4. The Labute approximate surface area is 196 Å². The van der Waals surface area contributed by atoms with Gasteiger partial charge in [0, 0.05) is 41.0 Å². The zero-order valence-corrected chi connectivity index (χ0v) is 18.7. The molecule has 8 heteroatoms. The van der Waals surface area contributed by atoms with E-state index in [0.717, 1.165) is 12.2 Å². The lowest BCUT2D eigenvalue weighted by atomic mass is 10.0. The first-order valence-electron chi connectivity index (χ1n) is 9.77. The number of esters is 4. The minimum Gasteiger partial charge on any atom is -0.423 e. The lowest BCUT2D eigenvalue weighted by molar-refractivity contribution is -0.130. The highest BCUT2D eigenvalue weighted by molar-refractivity contribution is 5.91. The van der Waals surface area contributed by atoms with Crippen LogP contribution >= 0.6 is 0 Å². The maximum atomic E-state index is 12.0. The van der Waals surface area contributed by atoms with Crippen LogP contribution in [0.1, 0.15) is 13.8 Å². The number of hydrogen-bond acceptors (Lipinski definition) is 8. The second kappa shape index (κ2) is 11.2. The molecule has 34 heavy (non-hydrogen) atoms.